The van der Waals surface area contributed by atoms with Gasteiger partial charge in [0.1, 0.15) is 0 Å². The Morgan fingerprint density at radius 3 is 2.38 bits per heavy atom. The Bertz CT molecular complexity index is 209. The molecule has 1 saturated heterocycles. The minimum absolute atomic E-state index is 0.743. The van der Waals surface area contributed by atoms with Crippen LogP contribution in [0.2, 0.25) is 0 Å². The molecule has 0 atom stereocenters. The van der Waals surface area contributed by atoms with Crippen LogP contribution >= 0.6 is 0 Å². The molecule has 0 aromatic rings. The molecular weight excluding hydrogens is 196 g/mol. The molecule has 1 saturated carbocycles. The molecule has 2 nitrogen and oxygen atoms in total. The molecule has 2 N–H and O–H groups in total. The minimum atomic E-state index is 0.743. The predicted molar refractivity (Wildman–Crippen MR) is 69.1 cm³/mol. The Labute approximate surface area is 101 Å². The normalized spacial score (nSPS) is 26.2. The summed E-state index contributed by atoms with van der Waals surface area (Å²) in [5.41, 5.74) is 6.43. The first kappa shape index (κ1) is 12.4. The number of nitrogens with zero attached hydrogens (tertiary/aromatic N) is 1. The molecule has 16 heavy (non-hydrogen) atoms. The number of hydrogen-bond donors (Lipinski definition) is 1. The third kappa shape index (κ3) is 2.78. The molecule has 2 fully saturated rings. The molecule has 0 aromatic carbocycles. The second-order valence-corrected chi connectivity index (χ2v) is 6.55. The summed E-state index contributed by atoms with van der Waals surface area (Å²) < 4.78 is 0. The van der Waals surface area contributed by atoms with Crippen molar-refractivity contribution in [2.24, 2.45) is 23.0 Å². The fourth-order valence-electron chi connectivity index (χ4n) is 3.56. The molecule has 0 radical (unpaired) electrons. The van der Waals surface area contributed by atoms with Gasteiger partial charge in [-0.25, -0.2) is 0 Å². The van der Waals surface area contributed by atoms with Crippen molar-refractivity contribution in [2.45, 2.75) is 52.4 Å². The van der Waals surface area contributed by atoms with Gasteiger partial charge in [-0.05, 0) is 56.0 Å². The smallest absolute Gasteiger partial charge is 0.0455 e. The molecular formula is C14H28N2. The lowest BCUT2D eigenvalue weighted by molar-refractivity contribution is -0.0171. The van der Waals surface area contributed by atoms with Crippen molar-refractivity contribution < 1.29 is 0 Å². The van der Waals surface area contributed by atoms with Crippen LogP contribution < -0.4 is 5.73 Å². The van der Waals surface area contributed by atoms with Gasteiger partial charge in [-0.15, -0.1) is 0 Å². The van der Waals surface area contributed by atoms with Gasteiger partial charge in [-0.3, -0.25) is 4.90 Å². The largest absolute Gasteiger partial charge is 0.318 e. The number of likely N-dealkylation sites (tertiary alicyclic amines) is 1. The lowest BCUT2D eigenvalue weighted by Crippen LogP contribution is -2.48. The summed E-state index contributed by atoms with van der Waals surface area (Å²) in [5, 5.41) is 0. The SMILES string of the molecule is CC(C)CCC1CC2(CCN(CN)CC2)C1. The van der Waals surface area contributed by atoms with Crippen molar-refractivity contribution in [1.29, 1.82) is 0 Å². The fourth-order valence-corrected chi connectivity index (χ4v) is 3.56. The summed E-state index contributed by atoms with van der Waals surface area (Å²) in [7, 11) is 0. The van der Waals surface area contributed by atoms with Gasteiger partial charge in [0.05, 0.1) is 0 Å². The van der Waals surface area contributed by atoms with Gasteiger partial charge in [0.2, 0.25) is 0 Å². The average Bonchev–Trinajstić information content (AvgIpc) is 2.24. The van der Waals surface area contributed by atoms with Crippen molar-refractivity contribution in [1.82, 2.24) is 4.90 Å². The monoisotopic (exact) mass is 224 g/mol. The van der Waals surface area contributed by atoms with Crippen LogP contribution in [0, 0.1) is 17.3 Å². The molecule has 0 unspecified atom stereocenters. The van der Waals surface area contributed by atoms with E-state index in [0.717, 1.165) is 23.9 Å². The van der Waals surface area contributed by atoms with E-state index >= 15 is 0 Å². The van der Waals surface area contributed by atoms with Crippen LogP contribution in [0.4, 0.5) is 0 Å². The Morgan fingerprint density at radius 1 is 1.25 bits per heavy atom. The van der Waals surface area contributed by atoms with E-state index in [2.05, 4.69) is 18.7 Å². The first-order valence-electron chi connectivity index (χ1n) is 7.06. The van der Waals surface area contributed by atoms with Crippen LogP contribution in [0.15, 0.2) is 0 Å². The molecule has 1 heterocycles. The van der Waals surface area contributed by atoms with E-state index in [4.69, 9.17) is 5.73 Å². The van der Waals surface area contributed by atoms with Gasteiger partial charge in [0, 0.05) is 6.67 Å². The Kier molecular flexibility index (Phi) is 3.91. The number of piperidine rings is 1. The van der Waals surface area contributed by atoms with Crippen molar-refractivity contribution in [3.05, 3.63) is 0 Å². The quantitative estimate of drug-likeness (QED) is 0.795. The predicted octanol–water partition coefficient (Wildman–Crippen LogP) is 2.83. The van der Waals surface area contributed by atoms with E-state index in [0.29, 0.717) is 0 Å². The maximum absolute atomic E-state index is 5.69. The fraction of sp³-hybridized carbons (Fsp3) is 1.00. The summed E-state index contributed by atoms with van der Waals surface area (Å²) in [5.74, 6) is 1.93. The Morgan fingerprint density at radius 2 is 1.88 bits per heavy atom. The minimum Gasteiger partial charge on any atom is -0.318 e. The molecule has 2 heteroatoms. The van der Waals surface area contributed by atoms with Crippen LogP contribution in [0.25, 0.3) is 0 Å². The maximum atomic E-state index is 5.69. The summed E-state index contributed by atoms with van der Waals surface area (Å²) >= 11 is 0. The summed E-state index contributed by atoms with van der Waals surface area (Å²) in [6.07, 6.45) is 8.73. The number of hydrogen-bond acceptors (Lipinski definition) is 2. The summed E-state index contributed by atoms with van der Waals surface area (Å²) in [6.45, 7) is 7.93. The molecule has 2 aliphatic rings. The van der Waals surface area contributed by atoms with Crippen LogP contribution in [-0.2, 0) is 0 Å². The van der Waals surface area contributed by atoms with Crippen molar-refractivity contribution in [3.8, 4) is 0 Å². The zero-order chi connectivity index (χ0) is 11.6. The van der Waals surface area contributed by atoms with Gasteiger partial charge in [-0.2, -0.15) is 0 Å². The van der Waals surface area contributed by atoms with Gasteiger partial charge >= 0.3 is 0 Å². The zero-order valence-corrected chi connectivity index (χ0v) is 11.0. The van der Waals surface area contributed by atoms with E-state index < -0.39 is 0 Å². The van der Waals surface area contributed by atoms with Crippen molar-refractivity contribution in [3.63, 3.8) is 0 Å². The van der Waals surface area contributed by atoms with Gasteiger partial charge < -0.3 is 5.73 Å². The molecule has 0 aromatic heterocycles. The maximum Gasteiger partial charge on any atom is 0.0455 e. The highest BCUT2D eigenvalue weighted by Gasteiger charge is 2.44. The van der Waals surface area contributed by atoms with Gasteiger partial charge in [0.15, 0.2) is 0 Å². The first-order valence-corrected chi connectivity index (χ1v) is 7.06. The lowest BCUT2D eigenvalue weighted by Gasteiger charge is -2.52. The van der Waals surface area contributed by atoms with E-state index in [9.17, 15) is 0 Å². The molecule has 1 aliphatic carbocycles. The molecule has 2 rings (SSSR count). The standard InChI is InChI=1S/C14H28N2/c1-12(2)3-4-13-9-14(10-13)5-7-16(11-15)8-6-14/h12-13H,3-11,15H2,1-2H3. The molecule has 1 spiro atoms. The van der Waals surface area contributed by atoms with Gasteiger partial charge in [0.25, 0.3) is 0 Å². The van der Waals surface area contributed by atoms with E-state index in [1.54, 1.807) is 0 Å². The number of rotatable bonds is 4. The molecule has 0 bridgehead atoms. The third-order valence-corrected chi connectivity index (χ3v) is 4.77. The topological polar surface area (TPSA) is 29.3 Å². The van der Waals surface area contributed by atoms with Crippen LogP contribution in [-0.4, -0.2) is 24.7 Å². The second kappa shape index (κ2) is 5.05. The zero-order valence-electron chi connectivity index (χ0n) is 11.0. The van der Waals surface area contributed by atoms with Crippen LogP contribution in [0.5, 0.6) is 0 Å². The average molecular weight is 224 g/mol. The van der Waals surface area contributed by atoms with Crippen molar-refractivity contribution >= 4 is 0 Å². The second-order valence-electron chi connectivity index (χ2n) is 6.55. The highest BCUT2D eigenvalue weighted by molar-refractivity contribution is 4.96. The van der Waals surface area contributed by atoms with Gasteiger partial charge in [-0.1, -0.05) is 26.7 Å². The van der Waals surface area contributed by atoms with Crippen LogP contribution in [0.3, 0.4) is 0 Å². The van der Waals surface area contributed by atoms with E-state index in [-0.39, 0.29) is 0 Å². The lowest BCUT2D eigenvalue weighted by atomic mass is 9.56. The highest BCUT2D eigenvalue weighted by Crippen LogP contribution is 2.54. The summed E-state index contributed by atoms with van der Waals surface area (Å²) in [4.78, 5) is 2.40. The van der Waals surface area contributed by atoms with Crippen LogP contribution in [0.1, 0.15) is 52.4 Å². The van der Waals surface area contributed by atoms with Crippen molar-refractivity contribution in [2.75, 3.05) is 19.8 Å². The van der Waals surface area contributed by atoms with E-state index in [1.807, 2.05) is 0 Å². The highest BCUT2D eigenvalue weighted by atomic mass is 15.2. The molecule has 0 amide bonds. The summed E-state index contributed by atoms with van der Waals surface area (Å²) in [6, 6.07) is 0. The Balaban J connectivity index is 1.67. The Hall–Kier alpha value is -0.0800. The first-order chi connectivity index (χ1) is 7.63. The molecule has 94 valence electrons. The third-order valence-electron chi connectivity index (χ3n) is 4.77. The molecule has 1 aliphatic heterocycles. The van der Waals surface area contributed by atoms with E-state index in [1.165, 1.54) is 51.6 Å². The number of nitrogens with two attached hydrogens (primary N) is 1.